The van der Waals surface area contributed by atoms with Crippen molar-refractivity contribution in [1.29, 1.82) is 0 Å². The Bertz CT molecular complexity index is 1780. The third kappa shape index (κ3) is 7.80. The van der Waals surface area contributed by atoms with E-state index in [1.54, 1.807) is 4.68 Å². The van der Waals surface area contributed by atoms with Gasteiger partial charge in [0.1, 0.15) is 5.82 Å². The quantitative estimate of drug-likeness (QED) is 0.179. The zero-order chi connectivity index (χ0) is 33.1. The monoisotopic (exact) mass is 632 g/mol. The van der Waals surface area contributed by atoms with Crippen LogP contribution >= 0.6 is 0 Å². The van der Waals surface area contributed by atoms with E-state index in [4.69, 9.17) is 5.10 Å². The van der Waals surface area contributed by atoms with E-state index < -0.39 is 0 Å². The van der Waals surface area contributed by atoms with Gasteiger partial charge in [-0.15, -0.1) is 0 Å². The number of fused-ring (bicyclic) bond motifs is 1. The minimum absolute atomic E-state index is 0.0258. The summed E-state index contributed by atoms with van der Waals surface area (Å²) in [5, 5.41) is 13.9. The maximum atomic E-state index is 13.4. The van der Waals surface area contributed by atoms with Crippen LogP contribution in [0.25, 0.3) is 5.69 Å². The number of rotatable bonds is 8. The largest absolute Gasteiger partial charge is 0.326 e. The Hall–Kier alpha value is -4.76. The topological polar surface area (TPSA) is 108 Å². The fourth-order valence-electron chi connectivity index (χ4n) is 6.32. The number of amides is 3. The summed E-state index contributed by atoms with van der Waals surface area (Å²) in [5.41, 5.74) is 7.19. The van der Waals surface area contributed by atoms with Gasteiger partial charge in [-0.2, -0.15) is 5.10 Å². The summed E-state index contributed by atoms with van der Waals surface area (Å²) in [6, 6.07) is 23.3. The molecule has 3 heterocycles. The third-order valence-electron chi connectivity index (χ3n) is 9.17. The molecule has 0 bridgehead atoms. The number of piperidine rings is 1. The molecule has 4 aromatic rings. The molecule has 47 heavy (non-hydrogen) atoms. The van der Waals surface area contributed by atoms with Gasteiger partial charge < -0.3 is 10.6 Å². The first-order chi connectivity index (χ1) is 22.5. The summed E-state index contributed by atoms with van der Waals surface area (Å²) >= 11 is 0. The lowest BCUT2D eigenvalue weighted by Crippen LogP contribution is -2.38. The van der Waals surface area contributed by atoms with Crippen molar-refractivity contribution in [1.82, 2.24) is 14.7 Å². The van der Waals surface area contributed by atoms with Crippen molar-refractivity contribution in [3.63, 3.8) is 0 Å². The van der Waals surface area contributed by atoms with Crippen molar-refractivity contribution in [3.05, 3.63) is 101 Å². The summed E-state index contributed by atoms with van der Waals surface area (Å²) in [4.78, 5) is 40.4. The van der Waals surface area contributed by atoms with Crippen LogP contribution in [0, 0.1) is 12.8 Å². The number of hydrogen-bond donors (Lipinski definition) is 3. The van der Waals surface area contributed by atoms with E-state index in [2.05, 4.69) is 47.7 Å². The number of para-hydroxylation sites is 1. The van der Waals surface area contributed by atoms with Crippen molar-refractivity contribution in [3.8, 4) is 5.69 Å². The summed E-state index contributed by atoms with van der Waals surface area (Å²) < 4.78 is 1.79. The van der Waals surface area contributed by atoms with Gasteiger partial charge in [0, 0.05) is 34.8 Å². The third-order valence-corrected chi connectivity index (χ3v) is 9.17. The highest BCUT2D eigenvalue weighted by molar-refractivity contribution is 6.00. The molecule has 244 valence electrons. The summed E-state index contributed by atoms with van der Waals surface area (Å²) in [6.07, 6.45) is 3.94. The van der Waals surface area contributed by atoms with Crippen molar-refractivity contribution >= 4 is 34.9 Å². The number of carbonyl (C=O) groups excluding carboxylic acids is 3. The number of benzene rings is 3. The van der Waals surface area contributed by atoms with Crippen LogP contribution in [0.1, 0.15) is 72.8 Å². The standard InChI is InChI=1S/C38H44N6O3/c1-25-9-13-30(14-10-25)44-35(23-34(42-44)38(2,3)4)41-37(47)40-31-8-6-5-7-27(31)21-26-17-19-43(20-18-26)24-33(45)29-11-15-32-28(22-29)12-16-36(46)39-32/h5-11,13-15,22-23,26H,12,16-21,24H2,1-4H3,(H,39,46)(H2,40,41,47). The molecule has 9 heteroatoms. The second kappa shape index (κ2) is 13.5. The molecule has 0 radical (unpaired) electrons. The molecule has 0 atom stereocenters. The molecule has 0 unspecified atom stereocenters. The number of nitrogens with zero attached hydrogens (tertiary/aromatic N) is 3. The Morgan fingerprint density at radius 2 is 1.68 bits per heavy atom. The van der Waals surface area contributed by atoms with Gasteiger partial charge in [-0.25, -0.2) is 9.48 Å². The smallest absolute Gasteiger partial charge is 0.324 e. The molecule has 2 aliphatic rings. The van der Waals surface area contributed by atoms with Crippen molar-refractivity contribution in [2.75, 3.05) is 35.6 Å². The summed E-state index contributed by atoms with van der Waals surface area (Å²) in [5.74, 6) is 1.20. The number of likely N-dealkylation sites (tertiary alicyclic amines) is 1. The Labute approximate surface area is 276 Å². The number of aryl methyl sites for hydroxylation is 2. The maximum Gasteiger partial charge on any atom is 0.324 e. The van der Waals surface area contributed by atoms with Gasteiger partial charge in [0.15, 0.2) is 5.78 Å². The minimum atomic E-state index is -0.316. The molecule has 2 aliphatic heterocycles. The zero-order valence-electron chi connectivity index (χ0n) is 27.7. The highest BCUT2D eigenvalue weighted by Crippen LogP contribution is 2.29. The number of hydrogen-bond acceptors (Lipinski definition) is 5. The normalized spacial score (nSPS) is 15.5. The fourth-order valence-corrected chi connectivity index (χ4v) is 6.32. The molecule has 1 fully saturated rings. The molecule has 9 nitrogen and oxygen atoms in total. The van der Waals surface area contributed by atoms with Crippen LogP contribution in [-0.4, -0.2) is 52.0 Å². The van der Waals surface area contributed by atoms with Crippen molar-refractivity contribution < 1.29 is 14.4 Å². The lowest BCUT2D eigenvalue weighted by Gasteiger charge is -2.32. The van der Waals surface area contributed by atoms with E-state index in [0.717, 1.165) is 71.8 Å². The summed E-state index contributed by atoms with van der Waals surface area (Å²) in [7, 11) is 0. The first-order valence-electron chi connectivity index (χ1n) is 16.5. The average molecular weight is 633 g/mol. The highest BCUT2D eigenvalue weighted by atomic mass is 16.2. The lowest BCUT2D eigenvalue weighted by molar-refractivity contribution is -0.116. The van der Waals surface area contributed by atoms with Crippen LogP contribution in [0.3, 0.4) is 0 Å². The first kappa shape index (κ1) is 32.2. The van der Waals surface area contributed by atoms with Gasteiger partial charge in [-0.3, -0.25) is 19.8 Å². The average Bonchev–Trinajstić information content (AvgIpc) is 3.47. The molecule has 1 aromatic heterocycles. The number of Topliss-reactive ketones (excluding diaryl/α,β-unsaturated/α-hetero) is 1. The van der Waals surface area contributed by atoms with Crippen LogP contribution in [0.4, 0.5) is 22.0 Å². The van der Waals surface area contributed by atoms with Gasteiger partial charge in [0.25, 0.3) is 0 Å². The van der Waals surface area contributed by atoms with Gasteiger partial charge in [0.05, 0.1) is 17.9 Å². The molecular formula is C38H44N6O3. The zero-order valence-corrected chi connectivity index (χ0v) is 27.7. The Balaban J connectivity index is 1.05. The van der Waals surface area contributed by atoms with E-state index in [1.165, 1.54) is 0 Å². The number of anilines is 3. The molecular weight excluding hydrogens is 588 g/mol. The molecule has 1 saturated heterocycles. The van der Waals surface area contributed by atoms with E-state index in [-0.39, 0.29) is 23.1 Å². The molecule has 3 N–H and O–H groups in total. The predicted molar refractivity (Wildman–Crippen MR) is 187 cm³/mol. The molecule has 3 aromatic carbocycles. The first-order valence-corrected chi connectivity index (χ1v) is 16.5. The Morgan fingerprint density at radius 1 is 0.936 bits per heavy atom. The summed E-state index contributed by atoms with van der Waals surface area (Å²) in [6.45, 7) is 10.5. The van der Waals surface area contributed by atoms with Crippen LogP contribution in [0.5, 0.6) is 0 Å². The maximum absolute atomic E-state index is 13.4. The molecule has 0 spiro atoms. The Kier molecular flexibility index (Phi) is 9.27. The van der Waals surface area contributed by atoms with E-state index >= 15 is 0 Å². The van der Waals surface area contributed by atoms with E-state index in [0.29, 0.717) is 36.7 Å². The van der Waals surface area contributed by atoms with Crippen LogP contribution in [-0.2, 0) is 23.1 Å². The number of urea groups is 1. The van der Waals surface area contributed by atoms with Crippen LogP contribution < -0.4 is 16.0 Å². The van der Waals surface area contributed by atoms with Crippen LogP contribution in [0.15, 0.2) is 72.8 Å². The van der Waals surface area contributed by atoms with E-state index in [9.17, 15) is 14.4 Å². The Morgan fingerprint density at radius 3 is 2.43 bits per heavy atom. The van der Waals surface area contributed by atoms with Crippen molar-refractivity contribution in [2.45, 2.75) is 65.2 Å². The van der Waals surface area contributed by atoms with Gasteiger partial charge >= 0.3 is 6.03 Å². The second-order valence-electron chi connectivity index (χ2n) is 13.9. The second-order valence-corrected chi connectivity index (χ2v) is 13.9. The number of carbonyl (C=O) groups is 3. The number of ketones is 1. The van der Waals surface area contributed by atoms with Crippen molar-refractivity contribution in [2.24, 2.45) is 5.92 Å². The van der Waals surface area contributed by atoms with Gasteiger partial charge in [-0.1, -0.05) is 56.7 Å². The SMILES string of the molecule is Cc1ccc(-n2nc(C(C)(C)C)cc2NC(=O)Nc2ccccc2CC2CCN(CC(=O)c3ccc4c(c3)CCC(=O)N4)CC2)cc1. The molecule has 3 amide bonds. The van der Waals surface area contributed by atoms with Gasteiger partial charge in [-0.05, 0) is 99.1 Å². The fraction of sp³-hybridized carbons (Fsp3) is 0.368. The predicted octanol–water partition coefficient (Wildman–Crippen LogP) is 7.14. The number of nitrogens with one attached hydrogen (secondary N) is 3. The minimum Gasteiger partial charge on any atom is -0.326 e. The van der Waals surface area contributed by atoms with E-state index in [1.807, 2.05) is 73.7 Å². The molecule has 6 rings (SSSR count). The lowest BCUT2D eigenvalue weighted by atomic mass is 9.89. The molecule has 0 aliphatic carbocycles. The van der Waals surface area contributed by atoms with Gasteiger partial charge in [0.2, 0.25) is 5.91 Å². The van der Waals surface area contributed by atoms with Crippen LogP contribution in [0.2, 0.25) is 0 Å². The molecule has 0 saturated carbocycles. The highest BCUT2D eigenvalue weighted by Gasteiger charge is 2.25. The number of aromatic nitrogens is 2.